The first-order chi connectivity index (χ1) is 14.5. The summed E-state index contributed by atoms with van der Waals surface area (Å²) in [5, 5.41) is 16.0. The fourth-order valence-corrected chi connectivity index (χ4v) is 5.49. The molecule has 0 fully saturated rings. The Hall–Kier alpha value is -2.25. The highest BCUT2D eigenvalue weighted by molar-refractivity contribution is 7.10. The fraction of sp³-hybridized carbons (Fsp3) is 0.522. The van der Waals surface area contributed by atoms with Gasteiger partial charge in [-0.2, -0.15) is 0 Å². The van der Waals surface area contributed by atoms with E-state index in [0.29, 0.717) is 12.1 Å². The van der Waals surface area contributed by atoms with Crippen molar-refractivity contribution in [2.24, 2.45) is 0 Å². The Kier molecular flexibility index (Phi) is 7.61. The minimum atomic E-state index is -0.460. The number of hydrogen-bond donors (Lipinski definition) is 1. The SMILES string of the molecule is CCCCCCC1(C)c2sccc2CCN1CCNC(=O)c1ccc([N+](=O)[O-])cc1. The largest absolute Gasteiger partial charge is 0.351 e. The number of non-ortho nitro benzene ring substituents is 1. The number of benzene rings is 1. The predicted octanol–water partition coefficient (Wildman–Crippen LogP) is 5.13. The molecule has 7 heteroatoms. The first-order valence-corrected chi connectivity index (χ1v) is 11.7. The molecule has 30 heavy (non-hydrogen) atoms. The lowest BCUT2D eigenvalue weighted by Gasteiger charge is -2.45. The normalized spacial score (nSPS) is 18.7. The van der Waals surface area contributed by atoms with E-state index in [-0.39, 0.29) is 17.1 Å². The summed E-state index contributed by atoms with van der Waals surface area (Å²) in [6.07, 6.45) is 7.18. The van der Waals surface area contributed by atoms with Crippen molar-refractivity contribution in [1.82, 2.24) is 10.2 Å². The molecule has 0 bridgehead atoms. The number of nitro groups is 1. The van der Waals surface area contributed by atoms with Crippen LogP contribution in [-0.4, -0.2) is 35.4 Å². The van der Waals surface area contributed by atoms with Crippen molar-refractivity contribution in [3.8, 4) is 0 Å². The molecule has 2 heterocycles. The van der Waals surface area contributed by atoms with E-state index < -0.39 is 4.92 Å². The molecule has 0 saturated heterocycles. The van der Waals surface area contributed by atoms with Crippen molar-refractivity contribution in [3.05, 3.63) is 61.8 Å². The Bertz CT molecular complexity index is 865. The zero-order chi connectivity index (χ0) is 21.6. The Morgan fingerprint density at radius 1 is 1.23 bits per heavy atom. The molecule has 1 N–H and O–H groups in total. The molecule has 0 aliphatic carbocycles. The van der Waals surface area contributed by atoms with E-state index in [0.717, 1.165) is 25.9 Å². The van der Waals surface area contributed by atoms with Crippen molar-refractivity contribution in [1.29, 1.82) is 0 Å². The van der Waals surface area contributed by atoms with Crippen LogP contribution in [-0.2, 0) is 12.0 Å². The number of fused-ring (bicyclic) bond motifs is 1. The van der Waals surface area contributed by atoms with Crippen LogP contribution in [0, 0.1) is 10.1 Å². The molecule has 0 radical (unpaired) electrons. The average molecular weight is 430 g/mol. The van der Waals surface area contributed by atoms with E-state index in [1.54, 1.807) is 0 Å². The van der Waals surface area contributed by atoms with Gasteiger partial charge >= 0.3 is 0 Å². The van der Waals surface area contributed by atoms with Crippen LogP contribution in [0.2, 0.25) is 0 Å². The quantitative estimate of drug-likeness (QED) is 0.323. The second-order valence-corrected chi connectivity index (χ2v) is 9.07. The van der Waals surface area contributed by atoms with Gasteiger partial charge in [0, 0.05) is 42.2 Å². The van der Waals surface area contributed by atoms with E-state index in [9.17, 15) is 14.9 Å². The first kappa shape index (κ1) is 22.4. The molecule has 1 unspecified atom stereocenters. The van der Waals surface area contributed by atoms with Gasteiger partial charge in [0.05, 0.1) is 10.5 Å². The van der Waals surface area contributed by atoms with Gasteiger partial charge in [0.25, 0.3) is 11.6 Å². The highest BCUT2D eigenvalue weighted by Crippen LogP contribution is 2.42. The van der Waals surface area contributed by atoms with Crippen LogP contribution < -0.4 is 5.32 Å². The molecule has 1 aliphatic heterocycles. The number of nitro benzene ring substituents is 1. The number of hydrogen-bond acceptors (Lipinski definition) is 5. The average Bonchev–Trinajstić information content (AvgIpc) is 3.23. The summed E-state index contributed by atoms with van der Waals surface area (Å²) in [5.74, 6) is -0.191. The molecule has 1 aromatic carbocycles. The smallest absolute Gasteiger partial charge is 0.269 e. The van der Waals surface area contributed by atoms with Gasteiger partial charge in [-0.3, -0.25) is 19.8 Å². The molecular formula is C23H31N3O3S. The third-order valence-electron chi connectivity index (χ3n) is 6.11. The summed E-state index contributed by atoms with van der Waals surface area (Å²) in [6, 6.07) is 8.00. The van der Waals surface area contributed by atoms with Crippen LogP contribution in [0.25, 0.3) is 0 Å². The van der Waals surface area contributed by atoms with Crippen molar-refractivity contribution in [2.45, 2.75) is 57.9 Å². The molecule has 6 nitrogen and oxygen atoms in total. The Labute approximate surface area is 182 Å². The zero-order valence-corrected chi connectivity index (χ0v) is 18.7. The van der Waals surface area contributed by atoms with Crippen molar-refractivity contribution < 1.29 is 9.72 Å². The lowest BCUT2D eigenvalue weighted by Crippen LogP contribution is -2.50. The summed E-state index contributed by atoms with van der Waals surface area (Å²) >= 11 is 1.86. The number of carbonyl (C=O) groups is 1. The lowest BCUT2D eigenvalue weighted by molar-refractivity contribution is -0.384. The van der Waals surface area contributed by atoms with Gasteiger partial charge in [-0.15, -0.1) is 11.3 Å². The van der Waals surface area contributed by atoms with Crippen molar-refractivity contribution in [2.75, 3.05) is 19.6 Å². The molecule has 3 rings (SSSR count). The Morgan fingerprint density at radius 2 is 2.00 bits per heavy atom. The molecule has 1 aromatic heterocycles. The minimum absolute atomic E-state index is 0.00883. The van der Waals surface area contributed by atoms with Gasteiger partial charge in [-0.25, -0.2) is 0 Å². The highest BCUT2D eigenvalue weighted by atomic mass is 32.1. The molecule has 0 spiro atoms. The lowest BCUT2D eigenvalue weighted by atomic mass is 9.84. The number of thiophene rings is 1. The second-order valence-electron chi connectivity index (χ2n) is 8.16. The predicted molar refractivity (Wildman–Crippen MR) is 121 cm³/mol. The minimum Gasteiger partial charge on any atom is -0.351 e. The standard InChI is InChI=1S/C23H31N3O3S/c1-3-4-5-6-13-23(2)21-18(12-17-30-21)11-15-25(23)16-14-24-22(27)19-7-9-20(10-8-19)26(28)29/h7-10,12,17H,3-6,11,13-16H2,1-2H3,(H,24,27). The van der Waals surface area contributed by atoms with Crippen LogP contribution in [0.4, 0.5) is 5.69 Å². The summed E-state index contributed by atoms with van der Waals surface area (Å²) in [5.41, 5.74) is 1.94. The van der Waals surface area contributed by atoms with Crippen molar-refractivity contribution in [3.63, 3.8) is 0 Å². The van der Waals surface area contributed by atoms with Crippen LogP contribution >= 0.6 is 11.3 Å². The molecule has 1 amide bonds. The monoisotopic (exact) mass is 429 g/mol. The van der Waals surface area contributed by atoms with Crippen molar-refractivity contribution >= 4 is 22.9 Å². The first-order valence-electron chi connectivity index (χ1n) is 10.8. The van der Waals surface area contributed by atoms with Crippen LogP contribution in [0.3, 0.4) is 0 Å². The number of nitrogens with zero attached hydrogens (tertiary/aromatic N) is 2. The summed E-state index contributed by atoms with van der Waals surface area (Å²) in [6.45, 7) is 6.94. The van der Waals surface area contributed by atoms with E-state index >= 15 is 0 Å². The fourth-order valence-electron chi connectivity index (χ4n) is 4.32. The third kappa shape index (κ3) is 5.08. The van der Waals surface area contributed by atoms with Gasteiger partial charge in [0.1, 0.15) is 0 Å². The van der Waals surface area contributed by atoms with Crippen LogP contribution in [0.5, 0.6) is 0 Å². The van der Waals surface area contributed by atoms with Gasteiger partial charge in [0.2, 0.25) is 0 Å². The van der Waals surface area contributed by atoms with E-state index in [1.807, 2.05) is 11.3 Å². The molecular weight excluding hydrogens is 398 g/mol. The number of nitrogens with one attached hydrogen (secondary N) is 1. The molecule has 0 saturated carbocycles. The maximum absolute atomic E-state index is 12.4. The molecule has 162 valence electrons. The zero-order valence-electron chi connectivity index (χ0n) is 17.9. The topological polar surface area (TPSA) is 75.5 Å². The third-order valence-corrected chi connectivity index (χ3v) is 7.32. The summed E-state index contributed by atoms with van der Waals surface area (Å²) in [4.78, 5) is 26.7. The molecule has 2 aromatic rings. The summed E-state index contributed by atoms with van der Waals surface area (Å²) < 4.78 is 0. The maximum atomic E-state index is 12.4. The van der Waals surface area contributed by atoms with E-state index in [2.05, 4.69) is 35.5 Å². The van der Waals surface area contributed by atoms with E-state index in [1.165, 1.54) is 60.4 Å². The van der Waals surface area contributed by atoms with Gasteiger partial charge in [-0.1, -0.05) is 32.6 Å². The Balaban J connectivity index is 1.60. The van der Waals surface area contributed by atoms with Gasteiger partial charge < -0.3 is 5.32 Å². The van der Waals surface area contributed by atoms with Crippen LogP contribution in [0.1, 0.15) is 66.8 Å². The molecule has 1 aliphatic rings. The Morgan fingerprint density at radius 3 is 2.70 bits per heavy atom. The van der Waals surface area contributed by atoms with E-state index in [4.69, 9.17) is 0 Å². The maximum Gasteiger partial charge on any atom is 0.269 e. The van der Waals surface area contributed by atoms with Crippen LogP contribution in [0.15, 0.2) is 35.7 Å². The van der Waals surface area contributed by atoms with Gasteiger partial charge in [-0.05, 0) is 48.9 Å². The number of unbranched alkanes of at least 4 members (excludes halogenated alkanes) is 3. The second kappa shape index (κ2) is 10.2. The summed E-state index contributed by atoms with van der Waals surface area (Å²) in [7, 11) is 0. The number of carbonyl (C=O) groups excluding carboxylic acids is 1. The highest BCUT2D eigenvalue weighted by Gasteiger charge is 2.38. The molecule has 1 atom stereocenters. The van der Waals surface area contributed by atoms with Gasteiger partial charge in [0.15, 0.2) is 0 Å². The number of rotatable bonds is 10. The number of amides is 1.